The van der Waals surface area contributed by atoms with Gasteiger partial charge in [-0.15, -0.1) is 5.10 Å². The molecule has 0 aromatic carbocycles. The molecular formula is C11H18N4. The lowest BCUT2D eigenvalue weighted by atomic mass is 10.1. The number of aryl methyl sites for hydroxylation is 1. The Morgan fingerprint density at radius 3 is 3.27 bits per heavy atom. The summed E-state index contributed by atoms with van der Waals surface area (Å²) in [4.78, 5) is 0. The number of nitrogens with zero attached hydrogens (tertiary/aromatic N) is 2. The lowest BCUT2D eigenvalue weighted by Gasteiger charge is -2.16. The van der Waals surface area contributed by atoms with Crippen LogP contribution in [0.5, 0.6) is 0 Å². The van der Waals surface area contributed by atoms with Gasteiger partial charge >= 0.3 is 0 Å². The molecule has 1 atom stereocenters. The molecule has 82 valence electrons. The summed E-state index contributed by atoms with van der Waals surface area (Å²) in [5.74, 6) is 0.892. The van der Waals surface area contributed by atoms with E-state index in [2.05, 4.69) is 20.8 Å². The number of rotatable bonds is 2. The number of hydrogen-bond donors (Lipinski definition) is 2. The van der Waals surface area contributed by atoms with Gasteiger partial charge < -0.3 is 10.6 Å². The lowest BCUT2D eigenvalue weighted by molar-refractivity contribution is 0.632. The summed E-state index contributed by atoms with van der Waals surface area (Å²) in [6.07, 6.45) is 5.54. The van der Waals surface area contributed by atoms with Crippen molar-refractivity contribution in [2.24, 2.45) is 0 Å². The molecule has 0 saturated carbocycles. The first-order chi connectivity index (χ1) is 7.34. The Morgan fingerprint density at radius 2 is 2.40 bits per heavy atom. The van der Waals surface area contributed by atoms with E-state index in [1.54, 1.807) is 6.20 Å². The molecule has 1 unspecified atom stereocenters. The second kappa shape index (κ2) is 5.07. The van der Waals surface area contributed by atoms with Gasteiger partial charge in [0.2, 0.25) is 0 Å². The van der Waals surface area contributed by atoms with Crippen LogP contribution in [0.3, 0.4) is 0 Å². The third kappa shape index (κ3) is 3.16. The van der Waals surface area contributed by atoms with Gasteiger partial charge in [-0.05, 0) is 37.9 Å². The van der Waals surface area contributed by atoms with E-state index >= 15 is 0 Å². The lowest BCUT2D eigenvalue weighted by Crippen LogP contribution is -2.31. The summed E-state index contributed by atoms with van der Waals surface area (Å²) < 4.78 is 0. The number of aromatic nitrogens is 2. The number of anilines is 1. The predicted octanol–water partition coefficient (Wildman–Crippen LogP) is 1.34. The van der Waals surface area contributed by atoms with Gasteiger partial charge in [0.1, 0.15) is 5.82 Å². The SMILES string of the molecule is Cc1cnnc(NC2CCCCNC2)c1. The Balaban J connectivity index is 1.95. The molecule has 2 heterocycles. The second-order valence-corrected chi connectivity index (χ2v) is 4.16. The van der Waals surface area contributed by atoms with E-state index in [9.17, 15) is 0 Å². The van der Waals surface area contributed by atoms with Crippen molar-refractivity contribution >= 4 is 5.82 Å². The molecule has 4 heteroatoms. The van der Waals surface area contributed by atoms with E-state index in [1.807, 2.05) is 13.0 Å². The molecule has 1 aromatic rings. The van der Waals surface area contributed by atoms with Gasteiger partial charge in [-0.25, -0.2) is 0 Å². The third-order valence-electron chi connectivity index (χ3n) is 2.69. The van der Waals surface area contributed by atoms with Crippen molar-refractivity contribution in [3.63, 3.8) is 0 Å². The van der Waals surface area contributed by atoms with Crippen LogP contribution < -0.4 is 10.6 Å². The van der Waals surface area contributed by atoms with Crippen LogP contribution in [0.15, 0.2) is 12.3 Å². The molecule has 0 aliphatic carbocycles. The topological polar surface area (TPSA) is 49.8 Å². The molecule has 1 aliphatic rings. The molecule has 2 N–H and O–H groups in total. The molecule has 1 aromatic heterocycles. The summed E-state index contributed by atoms with van der Waals surface area (Å²) in [7, 11) is 0. The molecule has 2 rings (SSSR count). The monoisotopic (exact) mass is 206 g/mol. The molecule has 0 amide bonds. The van der Waals surface area contributed by atoms with Crippen LogP contribution in [0, 0.1) is 6.92 Å². The molecular weight excluding hydrogens is 188 g/mol. The van der Waals surface area contributed by atoms with Crippen molar-refractivity contribution in [3.8, 4) is 0 Å². The third-order valence-corrected chi connectivity index (χ3v) is 2.69. The van der Waals surface area contributed by atoms with E-state index in [-0.39, 0.29) is 0 Å². The van der Waals surface area contributed by atoms with Crippen LogP contribution in [-0.2, 0) is 0 Å². The highest BCUT2D eigenvalue weighted by molar-refractivity contribution is 5.36. The summed E-state index contributed by atoms with van der Waals surface area (Å²) in [6, 6.07) is 2.53. The van der Waals surface area contributed by atoms with Gasteiger partial charge in [0, 0.05) is 12.6 Å². The zero-order chi connectivity index (χ0) is 10.5. The molecule has 1 aliphatic heterocycles. The van der Waals surface area contributed by atoms with E-state index in [0.717, 1.165) is 24.5 Å². The number of nitrogens with one attached hydrogen (secondary N) is 2. The van der Waals surface area contributed by atoms with Gasteiger partial charge in [-0.1, -0.05) is 6.42 Å². The molecule has 0 spiro atoms. The summed E-state index contributed by atoms with van der Waals surface area (Å²) >= 11 is 0. The highest BCUT2D eigenvalue weighted by Crippen LogP contribution is 2.10. The smallest absolute Gasteiger partial charge is 0.149 e. The van der Waals surface area contributed by atoms with E-state index < -0.39 is 0 Å². The predicted molar refractivity (Wildman–Crippen MR) is 60.9 cm³/mol. The Morgan fingerprint density at radius 1 is 1.47 bits per heavy atom. The highest BCUT2D eigenvalue weighted by atomic mass is 15.2. The minimum atomic E-state index is 0.489. The normalized spacial score (nSPS) is 22.1. The fourth-order valence-electron chi connectivity index (χ4n) is 1.89. The van der Waals surface area contributed by atoms with Crippen molar-refractivity contribution < 1.29 is 0 Å². The van der Waals surface area contributed by atoms with Crippen LogP contribution in [0.4, 0.5) is 5.82 Å². The van der Waals surface area contributed by atoms with E-state index in [1.165, 1.54) is 19.3 Å². The Kier molecular flexibility index (Phi) is 3.50. The second-order valence-electron chi connectivity index (χ2n) is 4.16. The Hall–Kier alpha value is -1.16. The summed E-state index contributed by atoms with van der Waals surface area (Å²) in [6.45, 7) is 4.19. The molecule has 15 heavy (non-hydrogen) atoms. The van der Waals surface area contributed by atoms with Crippen LogP contribution in [-0.4, -0.2) is 29.3 Å². The fourth-order valence-corrected chi connectivity index (χ4v) is 1.89. The highest BCUT2D eigenvalue weighted by Gasteiger charge is 2.11. The molecule has 0 radical (unpaired) electrons. The minimum Gasteiger partial charge on any atom is -0.365 e. The van der Waals surface area contributed by atoms with Crippen molar-refractivity contribution in [1.82, 2.24) is 15.5 Å². The zero-order valence-corrected chi connectivity index (χ0v) is 9.16. The molecule has 4 nitrogen and oxygen atoms in total. The zero-order valence-electron chi connectivity index (χ0n) is 9.16. The van der Waals surface area contributed by atoms with Gasteiger partial charge in [0.25, 0.3) is 0 Å². The van der Waals surface area contributed by atoms with Crippen LogP contribution in [0.1, 0.15) is 24.8 Å². The maximum atomic E-state index is 4.08. The van der Waals surface area contributed by atoms with Gasteiger partial charge in [-0.2, -0.15) is 5.10 Å². The largest absolute Gasteiger partial charge is 0.365 e. The molecule has 1 saturated heterocycles. The van der Waals surface area contributed by atoms with Gasteiger partial charge in [-0.3, -0.25) is 0 Å². The van der Waals surface area contributed by atoms with E-state index in [0.29, 0.717) is 6.04 Å². The minimum absolute atomic E-state index is 0.489. The van der Waals surface area contributed by atoms with Crippen LogP contribution in [0.25, 0.3) is 0 Å². The maximum absolute atomic E-state index is 4.08. The standard InChI is InChI=1S/C11H18N4/c1-9-6-11(15-13-7-9)14-10-4-2-3-5-12-8-10/h6-7,10,12H,2-5,8H2,1H3,(H,14,15). The average Bonchev–Trinajstić information content (AvgIpc) is 2.46. The van der Waals surface area contributed by atoms with Crippen LogP contribution >= 0.6 is 0 Å². The summed E-state index contributed by atoms with van der Waals surface area (Å²) in [5, 5.41) is 14.9. The van der Waals surface area contributed by atoms with Crippen molar-refractivity contribution in [3.05, 3.63) is 17.8 Å². The average molecular weight is 206 g/mol. The van der Waals surface area contributed by atoms with Crippen molar-refractivity contribution in [1.29, 1.82) is 0 Å². The molecule has 0 bridgehead atoms. The van der Waals surface area contributed by atoms with Crippen LogP contribution in [0.2, 0.25) is 0 Å². The fraction of sp³-hybridized carbons (Fsp3) is 0.636. The van der Waals surface area contributed by atoms with E-state index in [4.69, 9.17) is 0 Å². The first-order valence-electron chi connectivity index (χ1n) is 5.61. The number of hydrogen-bond acceptors (Lipinski definition) is 4. The first-order valence-corrected chi connectivity index (χ1v) is 5.61. The quantitative estimate of drug-likeness (QED) is 0.766. The van der Waals surface area contributed by atoms with Crippen molar-refractivity contribution in [2.75, 3.05) is 18.4 Å². The van der Waals surface area contributed by atoms with Gasteiger partial charge in [0.05, 0.1) is 6.20 Å². The maximum Gasteiger partial charge on any atom is 0.149 e. The first kappa shape index (κ1) is 10.4. The Labute approximate surface area is 90.5 Å². The van der Waals surface area contributed by atoms with Gasteiger partial charge in [0.15, 0.2) is 0 Å². The Bertz CT molecular complexity index is 305. The molecule has 1 fully saturated rings. The van der Waals surface area contributed by atoms with Crippen molar-refractivity contribution in [2.45, 2.75) is 32.2 Å². The summed E-state index contributed by atoms with van der Waals surface area (Å²) in [5.41, 5.74) is 1.15.